The molecule has 0 aliphatic heterocycles. The number of carboxylic acid groups (broad SMARTS) is 1. The number of carbonyl (C=O) groups is 2. The Morgan fingerprint density at radius 2 is 1.77 bits per heavy atom. The Bertz CT molecular complexity index is 569. The predicted octanol–water partition coefficient (Wildman–Crippen LogP) is 2.20. The number of hydrogen-bond donors (Lipinski definition) is 2. The normalized spacial score (nSPS) is 14.0. The maximum atomic E-state index is 12.3. The summed E-state index contributed by atoms with van der Waals surface area (Å²) in [5.41, 5.74) is 0.719. The molecule has 9 heteroatoms. The molecule has 8 nitrogen and oxygen atoms in total. The number of carboxylic acids is 1. The first-order valence-electron chi connectivity index (χ1n) is 6.23. The Hall–Kier alpha value is -1.89. The van der Waals surface area contributed by atoms with Crippen molar-refractivity contribution in [1.82, 2.24) is 5.32 Å². The minimum absolute atomic E-state index is 0.0629. The summed E-state index contributed by atoms with van der Waals surface area (Å²) in [7, 11) is -2.06. The largest absolute Gasteiger partial charge is 0.479 e. The van der Waals surface area contributed by atoms with Gasteiger partial charge in [0.05, 0.1) is 0 Å². The summed E-state index contributed by atoms with van der Waals surface area (Å²) in [6, 6.07) is 8.81. The second kappa shape index (κ2) is 7.40. The number of benzene rings is 1. The summed E-state index contributed by atoms with van der Waals surface area (Å²) in [6.45, 7) is 0.958. The number of nitrogens with one attached hydrogen (secondary N) is 1. The fourth-order valence-corrected chi connectivity index (χ4v) is 2.98. The summed E-state index contributed by atoms with van der Waals surface area (Å²) in [5.74, 6) is -1.57. The lowest BCUT2D eigenvalue weighted by atomic mass is 10.2. The zero-order chi connectivity index (χ0) is 16.8. The van der Waals surface area contributed by atoms with Gasteiger partial charge in [0.15, 0.2) is 0 Å². The standard InChI is InChI=1S/C13H18NO7P/c1-13(11(15)16,22(18,19-2)20-3)14-12(17)21-9-10-7-5-4-6-8-10/h4-8H,9H2,1-3H3,(H,14,17)(H,15,16). The molecule has 0 radical (unpaired) electrons. The molecule has 1 unspecified atom stereocenters. The zero-order valence-corrected chi connectivity index (χ0v) is 13.3. The quantitative estimate of drug-likeness (QED) is 0.737. The van der Waals surface area contributed by atoms with Crippen LogP contribution in [0.1, 0.15) is 12.5 Å². The molecule has 122 valence electrons. The highest BCUT2D eigenvalue weighted by Gasteiger charge is 2.54. The second-order valence-corrected chi connectivity index (χ2v) is 7.05. The number of rotatable bonds is 7. The Labute approximate surface area is 127 Å². The number of alkyl carbamates (subject to hydrolysis) is 1. The first kappa shape index (κ1) is 18.2. The van der Waals surface area contributed by atoms with E-state index in [1.54, 1.807) is 30.3 Å². The Morgan fingerprint density at radius 1 is 1.23 bits per heavy atom. The molecule has 22 heavy (non-hydrogen) atoms. The number of ether oxygens (including phenoxy) is 1. The van der Waals surface area contributed by atoms with Gasteiger partial charge in [-0.3, -0.25) is 9.88 Å². The first-order chi connectivity index (χ1) is 10.3. The van der Waals surface area contributed by atoms with E-state index in [9.17, 15) is 19.3 Å². The van der Waals surface area contributed by atoms with E-state index in [-0.39, 0.29) is 6.61 Å². The average molecular weight is 331 g/mol. The lowest BCUT2D eigenvalue weighted by Crippen LogP contribution is -2.52. The van der Waals surface area contributed by atoms with Crippen molar-refractivity contribution < 1.29 is 33.0 Å². The maximum Gasteiger partial charge on any atom is 0.408 e. The first-order valence-corrected chi connectivity index (χ1v) is 7.77. The molecule has 0 aromatic heterocycles. The van der Waals surface area contributed by atoms with Crippen LogP contribution in [0.15, 0.2) is 30.3 Å². The summed E-state index contributed by atoms with van der Waals surface area (Å²) in [5, 5.41) is 9.02. The SMILES string of the molecule is COP(=O)(OC)C(C)(NC(=O)OCc1ccccc1)C(=O)O. The molecule has 0 bridgehead atoms. The summed E-state index contributed by atoms with van der Waals surface area (Å²) in [6.07, 6.45) is -1.05. The van der Waals surface area contributed by atoms with Crippen LogP contribution in [0.3, 0.4) is 0 Å². The van der Waals surface area contributed by atoms with E-state index in [2.05, 4.69) is 9.05 Å². The van der Waals surface area contributed by atoms with Crippen LogP contribution < -0.4 is 5.32 Å². The van der Waals surface area contributed by atoms with Crippen molar-refractivity contribution in [2.45, 2.75) is 18.8 Å². The van der Waals surface area contributed by atoms with Crippen LogP contribution in [0.4, 0.5) is 4.79 Å². The third-order valence-electron chi connectivity index (χ3n) is 3.00. The van der Waals surface area contributed by atoms with Crippen molar-refractivity contribution in [3.05, 3.63) is 35.9 Å². The van der Waals surface area contributed by atoms with Gasteiger partial charge in [-0.15, -0.1) is 0 Å². The highest BCUT2D eigenvalue weighted by Crippen LogP contribution is 2.57. The van der Waals surface area contributed by atoms with Gasteiger partial charge in [0.25, 0.3) is 0 Å². The molecule has 0 saturated carbocycles. The highest BCUT2D eigenvalue weighted by atomic mass is 31.2. The third-order valence-corrected chi connectivity index (χ3v) is 5.36. The van der Waals surface area contributed by atoms with Gasteiger partial charge >= 0.3 is 19.7 Å². The van der Waals surface area contributed by atoms with Gasteiger partial charge in [-0.2, -0.15) is 0 Å². The molecular weight excluding hydrogens is 313 g/mol. The summed E-state index contributed by atoms with van der Waals surface area (Å²) >= 11 is 0. The van der Waals surface area contributed by atoms with Crippen LogP contribution in [0, 0.1) is 0 Å². The van der Waals surface area contributed by atoms with Crippen LogP contribution in [0.5, 0.6) is 0 Å². The van der Waals surface area contributed by atoms with E-state index in [4.69, 9.17) is 4.74 Å². The second-order valence-electron chi connectivity index (χ2n) is 4.43. The van der Waals surface area contributed by atoms with Crippen LogP contribution in [-0.4, -0.2) is 36.7 Å². The summed E-state index contributed by atoms with van der Waals surface area (Å²) < 4.78 is 26.6. The molecule has 0 aliphatic rings. The molecule has 0 heterocycles. The van der Waals surface area contributed by atoms with E-state index in [0.29, 0.717) is 0 Å². The van der Waals surface area contributed by atoms with Crippen molar-refractivity contribution in [3.63, 3.8) is 0 Å². The average Bonchev–Trinajstić information content (AvgIpc) is 2.52. The minimum Gasteiger partial charge on any atom is -0.479 e. The maximum absolute atomic E-state index is 12.3. The van der Waals surface area contributed by atoms with Gasteiger partial charge in [0, 0.05) is 14.2 Å². The van der Waals surface area contributed by atoms with Crippen molar-refractivity contribution in [3.8, 4) is 0 Å². The molecule has 1 atom stereocenters. The Kier molecular flexibility index (Phi) is 6.11. The van der Waals surface area contributed by atoms with Crippen molar-refractivity contribution in [1.29, 1.82) is 0 Å². The monoisotopic (exact) mass is 331 g/mol. The minimum atomic E-state index is -4.12. The lowest BCUT2D eigenvalue weighted by Gasteiger charge is -2.30. The van der Waals surface area contributed by atoms with E-state index in [0.717, 1.165) is 26.7 Å². The van der Waals surface area contributed by atoms with Gasteiger partial charge in [0.2, 0.25) is 5.28 Å². The molecule has 0 fully saturated rings. The van der Waals surface area contributed by atoms with Crippen LogP contribution >= 0.6 is 7.60 Å². The van der Waals surface area contributed by atoms with Crippen LogP contribution in [-0.2, 0) is 29.8 Å². The summed E-state index contributed by atoms with van der Waals surface area (Å²) in [4.78, 5) is 23.2. The molecule has 2 N–H and O–H groups in total. The molecule has 1 amide bonds. The molecule has 1 rings (SSSR count). The van der Waals surface area contributed by atoms with E-state index in [1.165, 1.54) is 0 Å². The molecular formula is C13H18NO7P. The smallest absolute Gasteiger partial charge is 0.408 e. The molecule has 1 aromatic rings. The van der Waals surface area contributed by atoms with Gasteiger partial charge in [-0.1, -0.05) is 30.3 Å². The predicted molar refractivity (Wildman–Crippen MR) is 77.4 cm³/mol. The fourth-order valence-electron chi connectivity index (χ4n) is 1.64. The molecule has 0 saturated heterocycles. The van der Waals surface area contributed by atoms with Gasteiger partial charge in [-0.05, 0) is 12.5 Å². The lowest BCUT2D eigenvalue weighted by molar-refractivity contribution is -0.141. The Morgan fingerprint density at radius 3 is 2.23 bits per heavy atom. The molecule has 0 spiro atoms. The van der Waals surface area contributed by atoms with E-state index >= 15 is 0 Å². The molecule has 0 aliphatic carbocycles. The van der Waals surface area contributed by atoms with Crippen molar-refractivity contribution >= 4 is 19.7 Å². The highest BCUT2D eigenvalue weighted by molar-refractivity contribution is 7.56. The zero-order valence-electron chi connectivity index (χ0n) is 12.4. The fraction of sp³-hybridized carbons (Fsp3) is 0.385. The number of carbonyl (C=O) groups excluding carboxylic acids is 1. The topological polar surface area (TPSA) is 111 Å². The van der Waals surface area contributed by atoms with Crippen LogP contribution in [0.2, 0.25) is 0 Å². The van der Waals surface area contributed by atoms with Crippen LogP contribution in [0.25, 0.3) is 0 Å². The van der Waals surface area contributed by atoms with E-state index < -0.39 is 24.9 Å². The van der Waals surface area contributed by atoms with Gasteiger partial charge in [0.1, 0.15) is 6.61 Å². The van der Waals surface area contributed by atoms with Gasteiger partial charge < -0.3 is 18.9 Å². The van der Waals surface area contributed by atoms with Crippen molar-refractivity contribution in [2.24, 2.45) is 0 Å². The number of amides is 1. The number of aliphatic carboxylic acids is 1. The molecule has 1 aromatic carbocycles. The Balaban J connectivity index is 2.81. The third kappa shape index (κ3) is 3.85. The number of hydrogen-bond acceptors (Lipinski definition) is 6. The van der Waals surface area contributed by atoms with E-state index in [1.807, 2.05) is 5.32 Å². The van der Waals surface area contributed by atoms with Crippen molar-refractivity contribution in [2.75, 3.05) is 14.2 Å². The van der Waals surface area contributed by atoms with Gasteiger partial charge in [-0.25, -0.2) is 9.59 Å².